The van der Waals surface area contributed by atoms with Crippen LogP contribution in [-0.2, 0) is 12.6 Å². The number of hydrogen-bond acceptors (Lipinski definition) is 3. The third-order valence-corrected chi connectivity index (χ3v) is 3.67. The highest BCUT2D eigenvalue weighted by molar-refractivity contribution is 5.92. The van der Waals surface area contributed by atoms with Crippen molar-refractivity contribution in [2.75, 3.05) is 18.5 Å². The zero-order valence-electron chi connectivity index (χ0n) is 12.8. The second-order valence-electron chi connectivity index (χ2n) is 5.37. The second-order valence-corrected chi connectivity index (χ2v) is 5.37. The molecular weight excluding hydrogens is 323 g/mol. The van der Waals surface area contributed by atoms with E-state index in [4.69, 9.17) is 5.11 Å². The molecule has 0 aromatic heterocycles. The summed E-state index contributed by atoms with van der Waals surface area (Å²) in [4.78, 5) is 12.8. The molecule has 0 atom stereocenters. The van der Waals surface area contributed by atoms with E-state index in [1.54, 1.807) is 18.0 Å². The molecule has 0 saturated heterocycles. The van der Waals surface area contributed by atoms with Gasteiger partial charge in [-0.05, 0) is 42.3 Å². The number of carboxylic acid groups (broad SMARTS) is 1. The van der Waals surface area contributed by atoms with Gasteiger partial charge in [0.15, 0.2) is 0 Å². The maximum atomic E-state index is 12.5. The quantitative estimate of drug-likeness (QED) is 0.870. The minimum Gasteiger partial charge on any atom is -0.507 e. The van der Waals surface area contributed by atoms with Crippen molar-refractivity contribution < 1.29 is 28.2 Å². The van der Waals surface area contributed by atoms with E-state index in [9.17, 15) is 23.1 Å². The van der Waals surface area contributed by atoms with Gasteiger partial charge in [0, 0.05) is 19.3 Å². The van der Waals surface area contributed by atoms with E-state index in [0.717, 1.165) is 17.7 Å². The average molecular weight is 339 g/mol. The lowest BCUT2D eigenvalue weighted by atomic mass is 10.1. The largest absolute Gasteiger partial charge is 0.507 e. The van der Waals surface area contributed by atoms with Crippen molar-refractivity contribution in [2.24, 2.45) is 0 Å². The Labute approximate surface area is 136 Å². The van der Waals surface area contributed by atoms with Crippen molar-refractivity contribution in [1.29, 1.82) is 0 Å². The van der Waals surface area contributed by atoms with E-state index >= 15 is 0 Å². The topological polar surface area (TPSA) is 60.8 Å². The minimum atomic E-state index is -4.35. The number of halogens is 3. The molecule has 128 valence electrons. The van der Waals surface area contributed by atoms with Gasteiger partial charge in [-0.3, -0.25) is 0 Å². The van der Waals surface area contributed by atoms with Gasteiger partial charge in [0.25, 0.3) is 0 Å². The number of alkyl halides is 3. The van der Waals surface area contributed by atoms with Crippen molar-refractivity contribution in [3.05, 3.63) is 59.2 Å². The summed E-state index contributed by atoms with van der Waals surface area (Å²) in [6.07, 6.45) is -3.85. The van der Waals surface area contributed by atoms with Crippen molar-refractivity contribution in [2.45, 2.75) is 12.6 Å². The summed E-state index contributed by atoms with van der Waals surface area (Å²) in [5.41, 5.74) is 0.447. The number of carboxylic acids is 1. The van der Waals surface area contributed by atoms with Gasteiger partial charge in [-0.1, -0.05) is 12.1 Å². The van der Waals surface area contributed by atoms with E-state index in [0.29, 0.717) is 18.7 Å². The third kappa shape index (κ3) is 4.18. The van der Waals surface area contributed by atoms with E-state index in [2.05, 4.69) is 0 Å². The van der Waals surface area contributed by atoms with Crippen LogP contribution < -0.4 is 4.90 Å². The monoisotopic (exact) mass is 339 g/mol. The molecule has 0 radical (unpaired) electrons. The Hall–Kier alpha value is -2.70. The molecule has 0 bridgehead atoms. The van der Waals surface area contributed by atoms with Gasteiger partial charge in [-0.25, -0.2) is 4.79 Å². The molecule has 2 aromatic carbocycles. The predicted molar refractivity (Wildman–Crippen MR) is 83.5 cm³/mol. The number of rotatable bonds is 5. The fourth-order valence-corrected chi connectivity index (χ4v) is 2.22. The Morgan fingerprint density at radius 1 is 1.12 bits per heavy atom. The summed E-state index contributed by atoms with van der Waals surface area (Å²) in [6, 6.07) is 9.16. The molecule has 2 N–H and O–H groups in total. The van der Waals surface area contributed by atoms with Crippen LogP contribution in [0.2, 0.25) is 0 Å². The summed E-state index contributed by atoms with van der Waals surface area (Å²) in [5, 5.41) is 18.5. The highest BCUT2D eigenvalue weighted by atomic mass is 19.4. The maximum absolute atomic E-state index is 12.5. The van der Waals surface area contributed by atoms with Crippen LogP contribution in [0.1, 0.15) is 21.5 Å². The first-order valence-electron chi connectivity index (χ1n) is 7.12. The summed E-state index contributed by atoms with van der Waals surface area (Å²) >= 11 is 0. The van der Waals surface area contributed by atoms with Gasteiger partial charge in [0.05, 0.1) is 5.56 Å². The van der Waals surface area contributed by atoms with Crippen molar-refractivity contribution in [3.63, 3.8) is 0 Å². The van der Waals surface area contributed by atoms with Crippen LogP contribution in [0.3, 0.4) is 0 Å². The lowest BCUT2D eigenvalue weighted by molar-refractivity contribution is -0.137. The average Bonchev–Trinajstić information content (AvgIpc) is 2.52. The van der Waals surface area contributed by atoms with Crippen LogP contribution in [-0.4, -0.2) is 29.8 Å². The summed E-state index contributed by atoms with van der Waals surface area (Å²) in [6.45, 7) is 0.481. The van der Waals surface area contributed by atoms with Crippen molar-refractivity contribution in [3.8, 4) is 5.75 Å². The number of aromatic carboxylic acids is 1. The molecule has 0 aliphatic carbocycles. The Morgan fingerprint density at radius 3 is 2.29 bits per heavy atom. The Balaban J connectivity index is 2.04. The number of anilines is 1. The molecule has 0 spiro atoms. The molecule has 0 unspecified atom stereocenters. The molecule has 0 heterocycles. The lowest BCUT2D eigenvalue weighted by Gasteiger charge is -2.20. The fraction of sp³-hybridized carbons (Fsp3) is 0.235. The predicted octanol–water partition coefficient (Wildman–Crippen LogP) is 3.79. The lowest BCUT2D eigenvalue weighted by Crippen LogP contribution is -2.20. The van der Waals surface area contributed by atoms with Gasteiger partial charge in [-0.2, -0.15) is 13.2 Å². The van der Waals surface area contributed by atoms with Gasteiger partial charge >= 0.3 is 12.1 Å². The zero-order chi connectivity index (χ0) is 17.9. The summed E-state index contributed by atoms with van der Waals surface area (Å²) in [5.74, 6) is -1.55. The van der Waals surface area contributed by atoms with Crippen LogP contribution in [0.15, 0.2) is 42.5 Å². The third-order valence-electron chi connectivity index (χ3n) is 3.67. The normalized spacial score (nSPS) is 11.3. The number of carbonyl (C=O) groups is 1. The first-order valence-corrected chi connectivity index (χ1v) is 7.12. The number of aromatic hydroxyl groups is 1. The highest BCUT2D eigenvalue weighted by Gasteiger charge is 2.29. The molecule has 24 heavy (non-hydrogen) atoms. The molecule has 0 amide bonds. The van der Waals surface area contributed by atoms with E-state index < -0.39 is 17.7 Å². The number of phenols is 1. The Morgan fingerprint density at radius 2 is 1.75 bits per heavy atom. The van der Waals surface area contributed by atoms with E-state index in [1.165, 1.54) is 24.3 Å². The fourth-order valence-electron chi connectivity index (χ4n) is 2.22. The van der Waals surface area contributed by atoms with Gasteiger partial charge in [0.1, 0.15) is 11.3 Å². The SMILES string of the molecule is CN(CCc1ccc(C(F)(F)F)cc1)c1ccc(O)c(C(=O)O)c1. The van der Waals surface area contributed by atoms with E-state index in [-0.39, 0.29) is 11.3 Å². The Bertz CT molecular complexity index is 727. The minimum absolute atomic E-state index is 0.200. The zero-order valence-corrected chi connectivity index (χ0v) is 12.8. The number of likely N-dealkylation sites (N-methyl/N-ethyl adjacent to an activating group) is 1. The summed E-state index contributed by atoms with van der Waals surface area (Å²) < 4.78 is 37.5. The number of benzene rings is 2. The molecule has 2 aromatic rings. The van der Waals surface area contributed by atoms with Crippen molar-refractivity contribution in [1.82, 2.24) is 0 Å². The van der Waals surface area contributed by atoms with Crippen LogP contribution >= 0.6 is 0 Å². The molecule has 0 fully saturated rings. The second kappa shape index (κ2) is 6.82. The first kappa shape index (κ1) is 17.7. The smallest absolute Gasteiger partial charge is 0.416 e. The van der Waals surface area contributed by atoms with Gasteiger partial charge in [-0.15, -0.1) is 0 Å². The van der Waals surface area contributed by atoms with Crippen LogP contribution in [0.5, 0.6) is 5.75 Å². The molecule has 0 aliphatic rings. The summed E-state index contributed by atoms with van der Waals surface area (Å²) in [7, 11) is 1.74. The number of nitrogens with zero attached hydrogens (tertiary/aromatic N) is 1. The molecule has 0 aliphatic heterocycles. The van der Waals surface area contributed by atoms with Gasteiger partial charge in [0.2, 0.25) is 0 Å². The number of hydrogen-bond donors (Lipinski definition) is 2. The molecule has 4 nitrogen and oxygen atoms in total. The van der Waals surface area contributed by atoms with Crippen molar-refractivity contribution >= 4 is 11.7 Å². The van der Waals surface area contributed by atoms with Crippen LogP contribution in [0.25, 0.3) is 0 Å². The Kier molecular flexibility index (Phi) is 5.02. The maximum Gasteiger partial charge on any atom is 0.416 e. The highest BCUT2D eigenvalue weighted by Crippen LogP contribution is 2.29. The van der Waals surface area contributed by atoms with Crippen LogP contribution in [0.4, 0.5) is 18.9 Å². The molecule has 2 rings (SSSR count). The first-order chi connectivity index (χ1) is 11.2. The van der Waals surface area contributed by atoms with Gasteiger partial charge < -0.3 is 15.1 Å². The standard InChI is InChI=1S/C17H16F3NO3/c1-21(13-6-7-15(22)14(10-13)16(23)24)9-8-11-2-4-12(5-3-11)17(18,19)20/h2-7,10,22H,8-9H2,1H3,(H,23,24). The van der Waals surface area contributed by atoms with Crippen LogP contribution in [0, 0.1) is 0 Å². The molecule has 7 heteroatoms. The molecule has 0 saturated carbocycles. The molecular formula is C17H16F3NO3. The van der Waals surface area contributed by atoms with E-state index in [1.807, 2.05) is 0 Å².